The molecule has 0 spiro atoms. The zero-order chi connectivity index (χ0) is 17.9. The zero-order valence-corrected chi connectivity index (χ0v) is 16.8. The maximum atomic E-state index is 5.67. The van der Waals surface area contributed by atoms with E-state index in [1.54, 1.807) is 11.8 Å². The number of fused-ring (bicyclic) bond motifs is 1. The van der Waals surface area contributed by atoms with Crippen LogP contribution >= 0.6 is 27.7 Å². The highest BCUT2D eigenvalue weighted by molar-refractivity contribution is 9.10. The van der Waals surface area contributed by atoms with Gasteiger partial charge in [0.2, 0.25) is 5.82 Å². The lowest BCUT2D eigenvalue weighted by Gasteiger charge is -2.09. The molecule has 4 rings (SSSR count). The van der Waals surface area contributed by atoms with E-state index in [4.69, 9.17) is 4.42 Å². The van der Waals surface area contributed by atoms with E-state index in [9.17, 15) is 0 Å². The largest absolute Gasteiger partial charge is 0.446 e. The van der Waals surface area contributed by atoms with Crippen molar-refractivity contribution in [2.75, 3.05) is 0 Å². The van der Waals surface area contributed by atoms with Gasteiger partial charge in [-0.15, -0.1) is 10.2 Å². The van der Waals surface area contributed by atoms with Crippen LogP contribution < -0.4 is 0 Å². The third kappa shape index (κ3) is 3.44. The molecule has 2 heterocycles. The maximum Gasteiger partial charge on any atom is 0.200 e. The van der Waals surface area contributed by atoms with Crippen molar-refractivity contribution in [3.8, 4) is 11.6 Å². The summed E-state index contributed by atoms with van der Waals surface area (Å²) in [5.41, 5.74) is 1.31. The van der Waals surface area contributed by atoms with Crippen molar-refractivity contribution in [1.82, 2.24) is 14.8 Å². The molecule has 0 fully saturated rings. The van der Waals surface area contributed by atoms with Crippen molar-refractivity contribution < 1.29 is 4.42 Å². The number of hydrogen-bond donors (Lipinski definition) is 0. The molecule has 0 aliphatic carbocycles. The van der Waals surface area contributed by atoms with Gasteiger partial charge in [-0.05, 0) is 50.8 Å². The van der Waals surface area contributed by atoms with Gasteiger partial charge in [0.25, 0.3) is 0 Å². The van der Waals surface area contributed by atoms with Crippen LogP contribution in [0.3, 0.4) is 0 Å². The molecule has 0 bridgehead atoms. The smallest absolute Gasteiger partial charge is 0.200 e. The second-order valence-corrected chi connectivity index (χ2v) is 7.71. The molecule has 0 unspecified atom stereocenters. The fraction of sp³-hybridized carbons (Fsp3) is 0.200. The highest BCUT2D eigenvalue weighted by atomic mass is 79.9. The van der Waals surface area contributed by atoms with Crippen molar-refractivity contribution in [2.24, 2.45) is 0 Å². The van der Waals surface area contributed by atoms with Crippen LogP contribution in [0.4, 0.5) is 0 Å². The Labute approximate surface area is 164 Å². The summed E-state index contributed by atoms with van der Waals surface area (Å²) in [6, 6.07) is 18.7. The lowest BCUT2D eigenvalue weighted by atomic mass is 10.1. The Morgan fingerprint density at radius 2 is 1.88 bits per heavy atom. The van der Waals surface area contributed by atoms with Crippen LogP contribution in [0.5, 0.6) is 0 Å². The van der Waals surface area contributed by atoms with Gasteiger partial charge in [0.15, 0.2) is 15.6 Å². The highest BCUT2D eigenvalue weighted by Crippen LogP contribution is 2.30. The third-order valence-corrected chi connectivity index (χ3v) is 5.64. The Hall–Kier alpha value is -2.05. The predicted octanol–water partition coefficient (Wildman–Crippen LogP) is 6.16. The van der Waals surface area contributed by atoms with E-state index < -0.39 is 0 Å². The van der Waals surface area contributed by atoms with Gasteiger partial charge in [-0.25, -0.2) is 0 Å². The van der Waals surface area contributed by atoms with Gasteiger partial charge in [0, 0.05) is 12.3 Å². The summed E-state index contributed by atoms with van der Waals surface area (Å²) < 4.78 is 8.51. The molecule has 132 valence electrons. The van der Waals surface area contributed by atoms with Crippen LogP contribution in [0.1, 0.15) is 18.9 Å². The minimum atomic E-state index is 0.698. The maximum absolute atomic E-state index is 5.67. The number of hydrogen-bond acceptors (Lipinski definition) is 4. The lowest BCUT2D eigenvalue weighted by Crippen LogP contribution is -2.01. The van der Waals surface area contributed by atoms with Crippen LogP contribution in [0.25, 0.3) is 22.4 Å². The number of rotatable bonds is 6. The van der Waals surface area contributed by atoms with Crippen LogP contribution in [-0.4, -0.2) is 14.8 Å². The molecule has 0 radical (unpaired) electrons. The Morgan fingerprint density at radius 1 is 1.04 bits per heavy atom. The molecule has 0 aliphatic rings. The van der Waals surface area contributed by atoms with E-state index in [1.165, 1.54) is 16.3 Å². The molecule has 0 N–H and O–H groups in total. The van der Waals surface area contributed by atoms with Gasteiger partial charge < -0.3 is 4.42 Å². The summed E-state index contributed by atoms with van der Waals surface area (Å²) in [6.07, 6.45) is 1.01. The first-order valence-electron chi connectivity index (χ1n) is 8.54. The molecule has 0 aliphatic heterocycles. The highest BCUT2D eigenvalue weighted by Gasteiger charge is 2.17. The van der Waals surface area contributed by atoms with Crippen LogP contribution in [0, 0.1) is 0 Å². The van der Waals surface area contributed by atoms with E-state index in [2.05, 4.69) is 80.1 Å². The first-order chi connectivity index (χ1) is 12.8. The van der Waals surface area contributed by atoms with Crippen molar-refractivity contribution in [3.05, 3.63) is 64.8 Å². The molecule has 0 amide bonds. The summed E-state index contributed by atoms with van der Waals surface area (Å²) in [5.74, 6) is 2.36. The van der Waals surface area contributed by atoms with Crippen molar-refractivity contribution in [1.29, 1.82) is 0 Å². The fourth-order valence-corrected chi connectivity index (χ4v) is 4.27. The van der Waals surface area contributed by atoms with Gasteiger partial charge in [-0.3, -0.25) is 4.57 Å². The topological polar surface area (TPSA) is 43.9 Å². The van der Waals surface area contributed by atoms with Crippen LogP contribution in [-0.2, 0) is 12.3 Å². The van der Waals surface area contributed by atoms with Crippen molar-refractivity contribution in [3.63, 3.8) is 0 Å². The van der Waals surface area contributed by atoms with E-state index in [1.807, 2.05) is 12.1 Å². The SMILES string of the molecule is CCCn1c(SCc2cccc3ccccc23)nnc1-c1ccc(Br)o1. The molecular weight excluding hydrogens is 410 g/mol. The standard InChI is InChI=1S/C20H18BrN3OS/c1-2-12-24-19(17-10-11-18(21)25-17)22-23-20(24)26-13-15-8-5-7-14-6-3-4-9-16(14)15/h3-11H,2,12-13H2,1H3. The minimum absolute atomic E-state index is 0.698. The minimum Gasteiger partial charge on any atom is -0.446 e. The van der Waals surface area contributed by atoms with Crippen LogP contribution in [0.2, 0.25) is 0 Å². The predicted molar refractivity (Wildman–Crippen MR) is 109 cm³/mol. The van der Waals surface area contributed by atoms with Gasteiger partial charge in [-0.1, -0.05) is 61.2 Å². The summed E-state index contributed by atoms with van der Waals surface area (Å²) in [7, 11) is 0. The number of benzene rings is 2. The molecule has 6 heteroatoms. The molecular formula is C20H18BrN3OS. The molecule has 2 aromatic heterocycles. The Bertz CT molecular complexity index is 1040. The van der Waals surface area contributed by atoms with E-state index in [-0.39, 0.29) is 0 Å². The number of thioether (sulfide) groups is 1. The quantitative estimate of drug-likeness (QED) is 0.345. The summed E-state index contributed by atoms with van der Waals surface area (Å²) in [5, 5.41) is 12.3. The first-order valence-corrected chi connectivity index (χ1v) is 10.3. The number of nitrogens with zero attached hydrogens (tertiary/aromatic N) is 3. The van der Waals surface area contributed by atoms with Gasteiger partial charge >= 0.3 is 0 Å². The number of aromatic nitrogens is 3. The van der Waals surface area contributed by atoms with Gasteiger partial charge in [-0.2, -0.15) is 0 Å². The van der Waals surface area contributed by atoms with E-state index in [0.29, 0.717) is 4.67 Å². The monoisotopic (exact) mass is 427 g/mol. The average molecular weight is 428 g/mol. The van der Waals surface area contributed by atoms with Crippen molar-refractivity contribution in [2.45, 2.75) is 30.8 Å². The van der Waals surface area contributed by atoms with Crippen LogP contribution in [0.15, 0.2) is 68.8 Å². The molecule has 4 aromatic rings. The van der Waals surface area contributed by atoms with E-state index >= 15 is 0 Å². The fourth-order valence-electron chi connectivity index (χ4n) is 3.00. The Balaban J connectivity index is 1.63. The molecule has 0 saturated heterocycles. The lowest BCUT2D eigenvalue weighted by molar-refractivity contribution is 0.539. The van der Waals surface area contributed by atoms with Crippen molar-refractivity contribution >= 4 is 38.5 Å². The second kappa shape index (κ2) is 7.68. The van der Waals surface area contributed by atoms with Gasteiger partial charge in [0.05, 0.1) is 0 Å². The Morgan fingerprint density at radius 3 is 2.69 bits per heavy atom. The summed E-state index contributed by atoms with van der Waals surface area (Å²) in [6.45, 7) is 3.01. The molecule has 26 heavy (non-hydrogen) atoms. The Kier molecular flexibility index (Phi) is 5.13. The van der Waals surface area contributed by atoms with E-state index in [0.717, 1.165) is 35.5 Å². The first kappa shape index (κ1) is 17.4. The number of halogens is 1. The summed E-state index contributed by atoms with van der Waals surface area (Å²) in [4.78, 5) is 0. The average Bonchev–Trinajstić information content (AvgIpc) is 3.26. The molecule has 2 aromatic carbocycles. The normalized spacial score (nSPS) is 11.3. The molecule has 4 nitrogen and oxygen atoms in total. The third-order valence-electron chi connectivity index (χ3n) is 4.19. The molecule has 0 atom stereocenters. The molecule has 0 saturated carbocycles. The second-order valence-electron chi connectivity index (χ2n) is 5.99. The van der Waals surface area contributed by atoms with Gasteiger partial charge in [0.1, 0.15) is 0 Å². The summed E-state index contributed by atoms with van der Waals surface area (Å²) >= 11 is 5.07. The number of furan rings is 1. The zero-order valence-electron chi connectivity index (χ0n) is 14.4.